The first-order chi connectivity index (χ1) is 13.1. The maximum atomic E-state index is 12.8. The number of anilines is 1. The van der Waals surface area contributed by atoms with Crippen molar-refractivity contribution in [2.24, 2.45) is 12.2 Å². The molecule has 27 heavy (non-hydrogen) atoms. The fourth-order valence-electron chi connectivity index (χ4n) is 3.07. The predicted molar refractivity (Wildman–Crippen MR) is 102 cm³/mol. The van der Waals surface area contributed by atoms with E-state index in [0.717, 1.165) is 17.0 Å². The Morgan fingerprint density at radius 3 is 2.74 bits per heavy atom. The second kappa shape index (κ2) is 7.03. The highest BCUT2D eigenvalue weighted by atomic mass is 16.6. The summed E-state index contributed by atoms with van der Waals surface area (Å²) in [5.41, 5.74) is 2.99. The first-order valence-corrected chi connectivity index (χ1v) is 8.63. The highest BCUT2D eigenvalue weighted by Crippen LogP contribution is 2.29. The van der Waals surface area contributed by atoms with Crippen LogP contribution < -0.4 is 4.90 Å². The molecule has 4 rings (SSSR count). The Bertz CT molecular complexity index is 982. The van der Waals surface area contributed by atoms with Gasteiger partial charge in [0, 0.05) is 26.7 Å². The van der Waals surface area contributed by atoms with Gasteiger partial charge in [0.1, 0.15) is 11.4 Å². The topological polar surface area (TPSA) is 72.6 Å². The van der Waals surface area contributed by atoms with E-state index >= 15 is 0 Å². The maximum absolute atomic E-state index is 12.8. The molecule has 0 spiro atoms. The zero-order valence-corrected chi connectivity index (χ0v) is 15.1. The number of rotatable bonds is 4. The summed E-state index contributed by atoms with van der Waals surface area (Å²) in [7, 11) is 3.53. The number of carbonyl (C=O) groups is 1. The molecule has 0 saturated heterocycles. The van der Waals surface area contributed by atoms with Crippen LogP contribution in [0, 0.1) is 0 Å². The van der Waals surface area contributed by atoms with Gasteiger partial charge in [-0.25, -0.2) is 4.98 Å². The molecule has 0 bridgehead atoms. The van der Waals surface area contributed by atoms with Crippen molar-refractivity contribution >= 4 is 17.3 Å². The third-order valence-corrected chi connectivity index (χ3v) is 4.64. The van der Waals surface area contributed by atoms with E-state index in [1.807, 2.05) is 43.4 Å². The molecule has 7 heteroatoms. The van der Waals surface area contributed by atoms with Gasteiger partial charge in [0.15, 0.2) is 11.9 Å². The summed E-state index contributed by atoms with van der Waals surface area (Å²) in [5, 5.41) is 4.20. The Morgan fingerprint density at radius 1 is 1.19 bits per heavy atom. The number of hydrogen-bond donors (Lipinski definition) is 0. The van der Waals surface area contributed by atoms with Gasteiger partial charge in [-0.05, 0) is 17.7 Å². The summed E-state index contributed by atoms with van der Waals surface area (Å²) in [6, 6.07) is 13.6. The zero-order valence-electron chi connectivity index (χ0n) is 15.1. The van der Waals surface area contributed by atoms with Crippen molar-refractivity contribution in [2.45, 2.75) is 12.5 Å². The minimum atomic E-state index is -0.164. The zero-order chi connectivity index (χ0) is 18.8. The molecule has 1 aliphatic heterocycles. The lowest BCUT2D eigenvalue weighted by atomic mass is 10.0. The summed E-state index contributed by atoms with van der Waals surface area (Å²) in [4.78, 5) is 28.4. The number of nitrogens with zero attached hydrogens (tertiary/aromatic N) is 5. The second-order valence-corrected chi connectivity index (χ2v) is 6.35. The molecule has 7 nitrogen and oxygen atoms in total. The van der Waals surface area contributed by atoms with E-state index in [2.05, 4.69) is 15.1 Å². The quantitative estimate of drug-likeness (QED) is 0.716. The Morgan fingerprint density at radius 2 is 2.00 bits per heavy atom. The summed E-state index contributed by atoms with van der Waals surface area (Å²) >= 11 is 0. The van der Waals surface area contributed by atoms with E-state index in [9.17, 15) is 4.79 Å². The minimum absolute atomic E-state index is 0.130. The molecule has 1 aromatic carbocycles. The van der Waals surface area contributed by atoms with Gasteiger partial charge in [-0.2, -0.15) is 0 Å². The monoisotopic (exact) mass is 361 g/mol. The summed E-state index contributed by atoms with van der Waals surface area (Å²) in [5.74, 6) is 0.472. The van der Waals surface area contributed by atoms with Gasteiger partial charge in [0.25, 0.3) is 5.91 Å². The number of imidazole rings is 1. The molecule has 1 unspecified atom stereocenters. The Hall–Kier alpha value is -3.48. The van der Waals surface area contributed by atoms with Crippen molar-refractivity contribution in [3.8, 4) is 0 Å². The molecule has 0 saturated carbocycles. The van der Waals surface area contributed by atoms with Gasteiger partial charge in [-0.3, -0.25) is 9.78 Å². The van der Waals surface area contributed by atoms with Gasteiger partial charge < -0.3 is 14.3 Å². The average molecular weight is 361 g/mol. The Kier molecular flexibility index (Phi) is 4.42. The molecule has 0 radical (unpaired) electrons. The van der Waals surface area contributed by atoms with Gasteiger partial charge >= 0.3 is 0 Å². The molecular weight excluding hydrogens is 342 g/mol. The van der Waals surface area contributed by atoms with Crippen molar-refractivity contribution in [3.05, 3.63) is 78.1 Å². The fraction of sp³-hybridized carbons (Fsp3) is 0.200. The van der Waals surface area contributed by atoms with Gasteiger partial charge in [0.2, 0.25) is 0 Å². The fourth-order valence-corrected chi connectivity index (χ4v) is 3.07. The van der Waals surface area contributed by atoms with Crippen LogP contribution in [-0.4, -0.2) is 33.2 Å². The third-order valence-electron chi connectivity index (χ3n) is 4.64. The number of hydrogen-bond acceptors (Lipinski definition) is 5. The van der Waals surface area contributed by atoms with Gasteiger partial charge in [-0.15, -0.1) is 0 Å². The van der Waals surface area contributed by atoms with Crippen LogP contribution in [0.2, 0.25) is 0 Å². The molecule has 3 aromatic rings. The number of pyridine rings is 1. The summed E-state index contributed by atoms with van der Waals surface area (Å²) in [6.45, 7) is 0. The standard InChI is InChI=1S/C20H19N5O2/c1-24(15-9-6-10-21-12-15)20(26)17-13-22-19(25(17)2)16-11-18(27-23-16)14-7-4-3-5-8-14/h3-10,12-13,18H,11H2,1-2H3. The number of oxime groups is 1. The molecule has 0 fully saturated rings. The SMILES string of the molecule is CN(C(=O)c1cnc(C2=NOC(c3ccccc3)C2)n1C)c1cccnc1. The van der Waals surface area contributed by atoms with Crippen molar-refractivity contribution in [3.63, 3.8) is 0 Å². The van der Waals surface area contributed by atoms with Crippen LogP contribution in [0.15, 0.2) is 66.2 Å². The molecule has 2 aromatic heterocycles. The van der Waals surface area contributed by atoms with Crippen molar-refractivity contribution in [1.29, 1.82) is 0 Å². The minimum Gasteiger partial charge on any atom is -0.387 e. The van der Waals surface area contributed by atoms with E-state index in [4.69, 9.17) is 4.84 Å². The second-order valence-electron chi connectivity index (χ2n) is 6.35. The molecular formula is C20H19N5O2. The molecule has 1 aliphatic rings. The highest BCUT2D eigenvalue weighted by molar-refractivity contribution is 6.06. The van der Waals surface area contributed by atoms with Crippen LogP contribution >= 0.6 is 0 Å². The molecule has 136 valence electrons. The third kappa shape index (κ3) is 3.19. The molecule has 0 aliphatic carbocycles. The van der Waals surface area contributed by atoms with Crippen LogP contribution in [0.5, 0.6) is 0 Å². The summed E-state index contributed by atoms with van der Waals surface area (Å²) < 4.78 is 1.75. The number of benzene rings is 1. The van der Waals surface area contributed by atoms with E-state index < -0.39 is 0 Å². The maximum Gasteiger partial charge on any atom is 0.276 e. The van der Waals surface area contributed by atoms with Crippen molar-refractivity contribution in [1.82, 2.24) is 14.5 Å². The highest BCUT2D eigenvalue weighted by Gasteiger charge is 2.28. The molecule has 0 N–H and O–H groups in total. The Balaban J connectivity index is 1.54. The molecule has 3 heterocycles. The lowest BCUT2D eigenvalue weighted by Crippen LogP contribution is -2.28. The lowest BCUT2D eigenvalue weighted by Gasteiger charge is -2.17. The largest absolute Gasteiger partial charge is 0.387 e. The predicted octanol–water partition coefficient (Wildman–Crippen LogP) is 2.96. The summed E-state index contributed by atoms with van der Waals surface area (Å²) in [6.07, 6.45) is 5.37. The number of carbonyl (C=O) groups excluding carboxylic acids is 1. The lowest BCUT2D eigenvalue weighted by molar-refractivity contribution is 0.0857. The number of aromatic nitrogens is 3. The van der Waals surface area contributed by atoms with Crippen LogP contribution in [0.1, 0.15) is 34.4 Å². The normalized spacial score (nSPS) is 15.9. The van der Waals surface area contributed by atoms with Crippen LogP contribution in [0.25, 0.3) is 0 Å². The van der Waals surface area contributed by atoms with Crippen LogP contribution in [0.4, 0.5) is 5.69 Å². The molecule has 1 atom stereocenters. The van der Waals surface area contributed by atoms with Gasteiger partial charge in [-0.1, -0.05) is 35.5 Å². The smallest absolute Gasteiger partial charge is 0.276 e. The van der Waals surface area contributed by atoms with Gasteiger partial charge in [0.05, 0.1) is 18.1 Å². The van der Waals surface area contributed by atoms with E-state index in [0.29, 0.717) is 17.9 Å². The molecule has 1 amide bonds. The average Bonchev–Trinajstić information content (AvgIpc) is 3.35. The van der Waals surface area contributed by atoms with Crippen molar-refractivity contribution in [2.75, 3.05) is 11.9 Å². The number of amides is 1. The van der Waals surface area contributed by atoms with Crippen LogP contribution in [0.3, 0.4) is 0 Å². The first-order valence-electron chi connectivity index (χ1n) is 8.63. The van der Waals surface area contributed by atoms with Crippen LogP contribution in [-0.2, 0) is 11.9 Å². The van der Waals surface area contributed by atoms with E-state index in [-0.39, 0.29) is 12.0 Å². The van der Waals surface area contributed by atoms with E-state index in [1.54, 1.807) is 41.2 Å². The Labute approximate surface area is 156 Å². The van der Waals surface area contributed by atoms with E-state index in [1.165, 1.54) is 0 Å². The first kappa shape index (κ1) is 17.0. The van der Waals surface area contributed by atoms with Crippen molar-refractivity contribution < 1.29 is 9.63 Å².